The minimum absolute atomic E-state index is 0.00827. The maximum absolute atomic E-state index is 9.08. The van der Waals surface area contributed by atoms with E-state index in [-0.39, 0.29) is 10.8 Å². The summed E-state index contributed by atoms with van der Waals surface area (Å²) in [5.41, 5.74) is 0.442. The summed E-state index contributed by atoms with van der Waals surface area (Å²) < 4.78 is 0. The molecule has 0 aromatic carbocycles. The zero-order valence-electron chi connectivity index (χ0n) is 7.23. The largest absolute Gasteiger partial charge is 0.505 e. The van der Waals surface area contributed by atoms with Gasteiger partial charge in [0.2, 0.25) is 0 Å². The highest BCUT2D eigenvalue weighted by Crippen LogP contribution is 2.27. The van der Waals surface area contributed by atoms with E-state index in [2.05, 4.69) is 4.98 Å². The lowest BCUT2D eigenvalue weighted by Crippen LogP contribution is -1.82. The Morgan fingerprint density at radius 1 is 1.33 bits per heavy atom. The van der Waals surface area contributed by atoms with E-state index in [0.717, 1.165) is 0 Å². The van der Waals surface area contributed by atoms with Crippen LogP contribution in [0.1, 0.15) is 19.5 Å². The van der Waals surface area contributed by atoms with Crippen molar-refractivity contribution in [3.63, 3.8) is 0 Å². The predicted molar refractivity (Wildman–Crippen MR) is 52.0 cm³/mol. The number of pyridine rings is 1. The van der Waals surface area contributed by atoms with Crippen LogP contribution in [-0.2, 0) is 0 Å². The minimum Gasteiger partial charge on any atom is -0.505 e. The van der Waals surface area contributed by atoms with Crippen molar-refractivity contribution in [3.05, 3.63) is 21.9 Å². The van der Waals surface area contributed by atoms with Crippen LogP contribution in [0.4, 0.5) is 0 Å². The second-order valence-electron chi connectivity index (χ2n) is 1.86. The molecule has 12 heavy (non-hydrogen) atoms. The summed E-state index contributed by atoms with van der Waals surface area (Å²) in [6, 6.07) is 1.39. The van der Waals surface area contributed by atoms with Gasteiger partial charge in [0.25, 0.3) is 0 Å². The molecule has 0 aliphatic carbocycles. The van der Waals surface area contributed by atoms with Crippen molar-refractivity contribution in [2.75, 3.05) is 0 Å². The topological polar surface area (TPSA) is 33.1 Å². The second-order valence-corrected chi connectivity index (χ2v) is 2.66. The Morgan fingerprint density at radius 3 is 2.25 bits per heavy atom. The van der Waals surface area contributed by atoms with Crippen LogP contribution in [0.15, 0.2) is 6.07 Å². The van der Waals surface area contributed by atoms with Crippen molar-refractivity contribution in [1.82, 2.24) is 4.98 Å². The van der Waals surface area contributed by atoms with Crippen LogP contribution in [0.25, 0.3) is 0 Å². The van der Waals surface area contributed by atoms with Gasteiger partial charge < -0.3 is 5.11 Å². The third-order valence-electron chi connectivity index (χ3n) is 1.09. The molecule has 2 nitrogen and oxygen atoms in total. The van der Waals surface area contributed by atoms with Crippen molar-refractivity contribution >= 4 is 23.2 Å². The van der Waals surface area contributed by atoms with Gasteiger partial charge in [0, 0.05) is 0 Å². The molecule has 1 rings (SSSR count). The van der Waals surface area contributed by atoms with Gasteiger partial charge in [-0.25, -0.2) is 4.98 Å². The molecule has 0 radical (unpaired) electrons. The summed E-state index contributed by atoms with van der Waals surface area (Å²) in [5.74, 6) is -0.00827. The molecular weight excluding hydrogens is 197 g/mol. The maximum atomic E-state index is 9.08. The molecule has 68 valence electrons. The Labute approximate surface area is 82.2 Å². The smallest absolute Gasteiger partial charge is 0.155 e. The van der Waals surface area contributed by atoms with Crippen LogP contribution in [0.3, 0.4) is 0 Å². The summed E-state index contributed by atoms with van der Waals surface area (Å²) in [6.45, 7) is 5.63. The van der Waals surface area contributed by atoms with Crippen LogP contribution in [0.5, 0.6) is 5.75 Å². The molecule has 0 aliphatic rings. The van der Waals surface area contributed by atoms with Gasteiger partial charge in [0.1, 0.15) is 5.15 Å². The first-order valence-electron chi connectivity index (χ1n) is 3.63. The molecule has 1 aromatic heterocycles. The summed E-state index contributed by atoms with van der Waals surface area (Å²) in [4.78, 5) is 3.76. The van der Waals surface area contributed by atoms with Gasteiger partial charge in [-0.2, -0.15) is 0 Å². The highest BCUT2D eigenvalue weighted by molar-refractivity contribution is 6.34. The van der Waals surface area contributed by atoms with Crippen molar-refractivity contribution in [3.8, 4) is 5.75 Å². The van der Waals surface area contributed by atoms with Crippen LogP contribution in [-0.4, -0.2) is 10.1 Å². The number of hydrogen-bond donors (Lipinski definition) is 1. The molecule has 1 heterocycles. The number of hydrogen-bond acceptors (Lipinski definition) is 2. The number of aryl methyl sites for hydroxylation is 1. The molecule has 0 saturated heterocycles. The summed E-state index contributed by atoms with van der Waals surface area (Å²) in [6.07, 6.45) is 0. The maximum Gasteiger partial charge on any atom is 0.155 e. The lowest BCUT2D eigenvalue weighted by Gasteiger charge is -1.99. The molecule has 4 heteroatoms. The van der Waals surface area contributed by atoms with Gasteiger partial charge in [0.15, 0.2) is 5.75 Å². The molecule has 0 spiro atoms. The zero-order valence-corrected chi connectivity index (χ0v) is 8.74. The molecule has 0 unspecified atom stereocenters. The minimum atomic E-state index is -0.00827. The average molecular weight is 208 g/mol. The van der Waals surface area contributed by atoms with Crippen molar-refractivity contribution in [2.45, 2.75) is 20.8 Å². The van der Waals surface area contributed by atoms with Gasteiger partial charge in [-0.05, 0) is 13.0 Å². The number of rotatable bonds is 0. The predicted octanol–water partition coefficient (Wildman–Crippen LogP) is 3.43. The van der Waals surface area contributed by atoms with Crippen molar-refractivity contribution in [1.29, 1.82) is 0 Å². The Morgan fingerprint density at radius 2 is 1.83 bits per heavy atom. The number of aromatic nitrogens is 1. The first-order valence-corrected chi connectivity index (χ1v) is 4.38. The van der Waals surface area contributed by atoms with Crippen molar-refractivity contribution in [2.24, 2.45) is 0 Å². The molecule has 0 amide bonds. The Balaban J connectivity index is 0.000000561. The van der Waals surface area contributed by atoms with E-state index in [0.29, 0.717) is 10.8 Å². The highest BCUT2D eigenvalue weighted by Gasteiger charge is 2.03. The van der Waals surface area contributed by atoms with Crippen LogP contribution < -0.4 is 0 Å². The normalized spacial score (nSPS) is 8.75. The van der Waals surface area contributed by atoms with E-state index < -0.39 is 0 Å². The van der Waals surface area contributed by atoms with Gasteiger partial charge >= 0.3 is 0 Å². The molecule has 0 fully saturated rings. The Bertz CT molecular complexity index is 240. The highest BCUT2D eigenvalue weighted by atomic mass is 35.5. The van der Waals surface area contributed by atoms with Crippen LogP contribution >= 0.6 is 23.2 Å². The summed E-state index contributed by atoms with van der Waals surface area (Å²) in [5, 5.41) is 9.60. The van der Waals surface area contributed by atoms with E-state index in [9.17, 15) is 0 Å². The molecule has 0 bridgehead atoms. The number of halogens is 2. The third kappa shape index (κ3) is 2.88. The molecule has 1 N–H and O–H groups in total. The van der Waals surface area contributed by atoms with Crippen molar-refractivity contribution < 1.29 is 5.11 Å². The number of nitrogens with zero attached hydrogens (tertiary/aromatic N) is 1. The van der Waals surface area contributed by atoms with Gasteiger partial charge in [-0.15, -0.1) is 0 Å². The third-order valence-corrected chi connectivity index (χ3v) is 1.57. The summed E-state index contributed by atoms with van der Waals surface area (Å²) >= 11 is 11.1. The van der Waals surface area contributed by atoms with E-state index in [4.69, 9.17) is 28.3 Å². The van der Waals surface area contributed by atoms with E-state index in [1.54, 1.807) is 6.92 Å². The van der Waals surface area contributed by atoms with E-state index >= 15 is 0 Å². The molecule has 0 atom stereocenters. The first-order chi connectivity index (χ1) is 5.61. The molecular formula is C8H11Cl2NO. The van der Waals surface area contributed by atoms with Gasteiger partial charge in [-0.3, -0.25) is 0 Å². The Hall–Kier alpha value is -0.470. The Kier molecular flexibility index (Phi) is 5.02. The van der Waals surface area contributed by atoms with Gasteiger partial charge in [0.05, 0.1) is 10.7 Å². The molecule has 0 saturated carbocycles. The molecule has 1 aromatic rings. The summed E-state index contributed by atoms with van der Waals surface area (Å²) in [7, 11) is 0. The zero-order chi connectivity index (χ0) is 9.72. The standard InChI is InChI=1S/C6H5Cl2NO.C2H6/c1-3-6(10)4(7)2-5(8)9-3;1-2/h2,10H,1H3;1-2H3. The fourth-order valence-electron chi connectivity index (χ4n) is 0.591. The lowest BCUT2D eigenvalue weighted by molar-refractivity contribution is 0.468. The van der Waals surface area contributed by atoms with Gasteiger partial charge in [-0.1, -0.05) is 37.0 Å². The van der Waals surface area contributed by atoms with Crippen LogP contribution in [0.2, 0.25) is 10.2 Å². The second kappa shape index (κ2) is 5.22. The first kappa shape index (κ1) is 11.5. The fourth-order valence-corrected chi connectivity index (χ4v) is 1.12. The average Bonchev–Trinajstić information content (AvgIpc) is 2.04. The van der Waals surface area contributed by atoms with E-state index in [1.165, 1.54) is 6.07 Å². The van der Waals surface area contributed by atoms with E-state index in [1.807, 2.05) is 13.8 Å². The lowest BCUT2D eigenvalue weighted by atomic mass is 10.3. The molecule has 0 aliphatic heterocycles. The fraction of sp³-hybridized carbons (Fsp3) is 0.375. The number of aromatic hydroxyl groups is 1. The monoisotopic (exact) mass is 207 g/mol. The van der Waals surface area contributed by atoms with Crippen LogP contribution in [0, 0.1) is 6.92 Å². The SMILES string of the molecule is CC.Cc1nc(Cl)cc(Cl)c1O. The quantitative estimate of drug-likeness (QED) is 0.662.